The van der Waals surface area contributed by atoms with Gasteiger partial charge < -0.3 is 9.94 Å². The molecular weight excluding hydrogens is 280 g/mol. The molecule has 1 aromatic carbocycles. The molecule has 0 spiro atoms. The highest BCUT2D eigenvalue weighted by Gasteiger charge is 2.20. The minimum Gasteiger partial charge on any atom is -0.617 e. The molecule has 0 aliphatic rings. The van der Waals surface area contributed by atoms with E-state index in [0.29, 0.717) is 10.5 Å². The van der Waals surface area contributed by atoms with Gasteiger partial charge in [-0.3, -0.25) is 4.79 Å². The average Bonchev–Trinajstić information content (AvgIpc) is 2.45. The van der Waals surface area contributed by atoms with Crippen molar-refractivity contribution in [2.24, 2.45) is 0 Å². The van der Waals surface area contributed by atoms with Crippen molar-refractivity contribution in [3.8, 4) is 11.8 Å². The standard InChI is InChI=1S/C14H9ClN2O3/c15-13-7-6-10(9-16)12(17(13)19)8-14(18)20-11-4-2-1-3-5-11/h1-7H,8H2. The molecule has 0 atom stereocenters. The number of para-hydroxylation sites is 1. The fourth-order valence-corrected chi connectivity index (χ4v) is 1.78. The average molecular weight is 289 g/mol. The molecule has 0 saturated carbocycles. The summed E-state index contributed by atoms with van der Waals surface area (Å²) in [5.41, 5.74) is 0.0651. The Labute approximate surface area is 120 Å². The summed E-state index contributed by atoms with van der Waals surface area (Å²) in [6.07, 6.45) is -0.332. The fraction of sp³-hybridized carbons (Fsp3) is 0.0714. The van der Waals surface area contributed by atoms with Gasteiger partial charge in [0.15, 0.2) is 0 Å². The molecule has 0 radical (unpaired) electrons. The highest BCUT2D eigenvalue weighted by molar-refractivity contribution is 6.28. The van der Waals surface area contributed by atoms with Crippen LogP contribution in [0.5, 0.6) is 5.75 Å². The van der Waals surface area contributed by atoms with Crippen molar-refractivity contribution < 1.29 is 14.3 Å². The Morgan fingerprint density at radius 1 is 1.30 bits per heavy atom. The number of carbonyl (C=O) groups is 1. The van der Waals surface area contributed by atoms with Crippen LogP contribution in [0.4, 0.5) is 0 Å². The summed E-state index contributed by atoms with van der Waals surface area (Å²) >= 11 is 5.68. The third-order valence-corrected chi connectivity index (χ3v) is 2.82. The SMILES string of the molecule is N#Cc1ccc(Cl)[n+]([O-])c1CC(=O)Oc1ccccc1. The second kappa shape index (κ2) is 6.04. The van der Waals surface area contributed by atoms with Gasteiger partial charge in [-0.1, -0.05) is 18.2 Å². The number of ether oxygens (including phenoxy) is 1. The van der Waals surface area contributed by atoms with E-state index < -0.39 is 5.97 Å². The molecule has 5 nitrogen and oxygen atoms in total. The van der Waals surface area contributed by atoms with E-state index in [1.54, 1.807) is 30.3 Å². The Morgan fingerprint density at radius 3 is 2.65 bits per heavy atom. The van der Waals surface area contributed by atoms with Crippen LogP contribution in [0.15, 0.2) is 42.5 Å². The van der Waals surface area contributed by atoms with Gasteiger partial charge in [0.05, 0.1) is 0 Å². The third-order valence-electron chi connectivity index (χ3n) is 2.54. The molecule has 1 aromatic heterocycles. The molecule has 0 fully saturated rings. The molecule has 0 bridgehead atoms. The van der Waals surface area contributed by atoms with Gasteiger partial charge in [0.2, 0.25) is 5.69 Å². The van der Waals surface area contributed by atoms with Gasteiger partial charge in [0.25, 0.3) is 5.15 Å². The Balaban J connectivity index is 2.20. The molecule has 2 aromatic rings. The second-order valence-corrected chi connectivity index (χ2v) is 4.27. The number of halogens is 1. The number of carbonyl (C=O) groups excluding carboxylic acids is 1. The van der Waals surface area contributed by atoms with E-state index in [1.807, 2.05) is 6.07 Å². The monoisotopic (exact) mass is 288 g/mol. The molecule has 20 heavy (non-hydrogen) atoms. The lowest BCUT2D eigenvalue weighted by Crippen LogP contribution is -2.36. The maximum atomic E-state index is 11.8. The third kappa shape index (κ3) is 3.05. The first kappa shape index (κ1) is 13.8. The van der Waals surface area contributed by atoms with E-state index in [0.717, 1.165) is 0 Å². The minimum atomic E-state index is -0.639. The van der Waals surface area contributed by atoms with Gasteiger partial charge in [-0.05, 0) is 29.8 Å². The Hall–Kier alpha value is -2.58. The Morgan fingerprint density at radius 2 is 2.00 bits per heavy atom. The quantitative estimate of drug-likeness (QED) is 0.284. The summed E-state index contributed by atoms with van der Waals surface area (Å²) < 4.78 is 5.42. The van der Waals surface area contributed by atoms with Crippen molar-refractivity contribution in [2.45, 2.75) is 6.42 Å². The molecule has 0 aliphatic carbocycles. The van der Waals surface area contributed by atoms with Crippen LogP contribution in [0, 0.1) is 16.5 Å². The zero-order chi connectivity index (χ0) is 14.5. The van der Waals surface area contributed by atoms with E-state index in [4.69, 9.17) is 21.6 Å². The summed E-state index contributed by atoms with van der Waals surface area (Å²) in [5, 5.41) is 20.6. The summed E-state index contributed by atoms with van der Waals surface area (Å²) in [6, 6.07) is 13.0. The summed E-state index contributed by atoms with van der Waals surface area (Å²) in [4.78, 5) is 11.8. The molecule has 0 saturated heterocycles. The van der Waals surface area contributed by atoms with E-state index in [-0.39, 0.29) is 22.8 Å². The van der Waals surface area contributed by atoms with Crippen molar-refractivity contribution in [3.05, 3.63) is 64.1 Å². The van der Waals surface area contributed by atoms with Crippen molar-refractivity contribution in [1.29, 1.82) is 5.26 Å². The van der Waals surface area contributed by atoms with Crippen LogP contribution in [0.2, 0.25) is 5.15 Å². The predicted molar refractivity (Wildman–Crippen MR) is 70.9 cm³/mol. The smallest absolute Gasteiger partial charge is 0.321 e. The number of pyridine rings is 1. The number of nitrogens with zero attached hydrogens (tertiary/aromatic N) is 2. The summed E-state index contributed by atoms with van der Waals surface area (Å²) in [5.74, 6) is -0.268. The number of nitriles is 1. The molecule has 0 N–H and O–H groups in total. The van der Waals surface area contributed by atoms with Gasteiger partial charge in [-0.15, -0.1) is 0 Å². The molecule has 0 amide bonds. The van der Waals surface area contributed by atoms with Gasteiger partial charge in [-0.2, -0.15) is 9.99 Å². The molecule has 0 unspecified atom stereocenters. The van der Waals surface area contributed by atoms with Crippen LogP contribution in [0.3, 0.4) is 0 Å². The van der Waals surface area contributed by atoms with Crippen LogP contribution in [0.1, 0.15) is 11.3 Å². The molecule has 2 rings (SSSR count). The van der Waals surface area contributed by atoms with Crippen molar-refractivity contribution in [3.63, 3.8) is 0 Å². The number of hydrogen-bond acceptors (Lipinski definition) is 4. The van der Waals surface area contributed by atoms with Gasteiger partial charge in [0, 0.05) is 6.07 Å². The number of aromatic nitrogens is 1. The van der Waals surface area contributed by atoms with Crippen molar-refractivity contribution in [2.75, 3.05) is 0 Å². The predicted octanol–water partition coefficient (Wildman–Crippen LogP) is 1.99. The van der Waals surface area contributed by atoms with Crippen molar-refractivity contribution in [1.82, 2.24) is 0 Å². The number of esters is 1. The number of hydrogen-bond donors (Lipinski definition) is 0. The maximum Gasteiger partial charge on any atom is 0.321 e. The highest BCUT2D eigenvalue weighted by Crippen LogP contribution is 2.12. The first-order chi connectivity index (χ1) is 9.61. The first-order valence-corrected chi connectivity index (χ1v) is 6.06. The Bertz CT molecular complexity index is 681. The highest BCUT2D eigenvalue weighted by atomic mass is 35.5. The molecule has 6 heteroatoms. The largest absolute Gasteiger partial charge is 0.617 e. The lowest BCUT2D eigenvalue weighted by molar-refractivity contribution is -0.611. The van der Waals surface area contributed by atoms with E-state index in [9.17, 15) is 10.0 Å². The zero-order valence-electron chi connectivity index (χ0n) is 10.2. The fourth-order valence-electron chi connectivity index (χ4n) is 1.62. The molecular formula is C14H9ClN2O3. The number of benzene rings is 1. The van der Waals surface area contributed by atoms with Gasteiger partial charge >= 0.3 is 5.97 Å². The van der Waals surface area contributed by atoms with Crippen LogP contribution >= 0.6 is 11.6 Å². The first-order valence-electron chi connectivity index (χ1n) is 5.68. The normalized spacial score (nSPS) is 9.80. The minimum absolute atomic E-state index is 0.0269. The lowest BCUT2D eigenvalue weighted by atomic mass is 10.1. The van der Waals surface area contributed by atoms with Gasteiger partial charge in [-0.25, -0.2) is 0 Å². The summed E-state index contributed by atoms with van der Waals surface area (Å²) in [6.45, 7) is 0. The molecule has 1 heterocycles. The van der Waals surface area contributed by atoms with Crippen LogP contribution in [0.25, 0.3) is 0 Å². The second-order valence-electron chi connectivity index (χ2n) is 3.89. The lowest BCUT2D eigenvalue weighted by Gasteiger charge is -2.07. The van der Waals surface area contributed by atoms with E-state index in [1.165, 1.54) is 12.1 Å². The van der Waals surface area contributed by atoms with Crippen molar-refractivity contribution >= 4 is 17.6 Å². The molecule has 0 aliphatic heterocycles. The van der Waals surface area contributed by atoms with E-state index >= 15 is 0 Å². The summed E-state index contributed by atoms with van der Waals surface area (Å²) in [7, 11) is 0. The Kier molecular flexibility index (Phi) is 4.18. The maximum absolute atomic E-state index is 11.8. The van der Waals surface area contributed by atoms with Crippen LogP contribution < -0.4 is 9.47 Å². The van der Waals surface area contributed by atoms with E-state index in [2.05, 4.69) is 0 Å². The topological polar surface area (TPSA) is 77.0 Å². The number of rotatable bonds is 3. The van der Waals surface area contributed by atoms with Crippen LogP contribution in [-0.2, 0) is 11.2 Å². The van der Waals surface area contributed by atoms with Crippen LogP contribution in [-0.4, -0.2) is 5.97 Å². The van der Waals surface area contributed by atoms with Gasteiger partial charge in [0.1, 0.15) is 23.8 Å². The zero-order valence-corrected chi connectivity index (χ0v) is 11.0. The molecule has 100 valence electrons.